The zero-order valence-corrected chi connectivity index (χ0v) is 12.7. The minimum atomic E-state index is -0.940. The number of hydrogen-bond donors (Lipinski definition) is 1. The van der Waals surface area contributed by atoms with Crippen LogP contribution in [0.1, 0.15) is 38.8 Å². The lowest BCUT2D eigenvalue weighted by Crippen LogP contribution is -2.00. The van der Waals surface area contributed by atoms with Crippen molar-refractivity contribution in [3.8, 4) is 0 Å². The summed E-state index contributed by atoms with van der Waals surface area (Å²) in [5, 5.41) is 12.9. The predicted octanol–water partition coefficient (Wildman–Crippen LogP) is 4.51. The third kappa shape index (κ3) is 1.98. The molecule has 0 aromatic heterocycles. The van der Waals surface area contributed by atoms with E-state index in [0.717, 1.165) is 27.3 Å². The number of carboxylic acids is 1. The largest absolute Gasteiger partial charge is 0.478 e. The summed E-state index contributed by atoms with van der Waals surface area (Å²) in [7, 11) is 0. The molecule has 0 aliphatic rings. The molecule has 0 bridgehead atoms. The molecule has 0 spiro atoms. The molecule has 110 valence electrons. The van der Waals surface area contributed by atoms with Gasteiger partial charge in [0, 0.05) is 5.56 Å². The van der Waals surface area contributed by atoms with E-state index < -0.39 is 5.97 Å². The minimum Gasteiger partial charge on any atom is -0.478 e. The van der Waals surface area contributed by atoms with Gasteiger partial charge in [0.2, 0.25) is 0 Å². The monoisotopic (exact) mass is 292 g/mol. The van der Waals surface area contributed by atoms with Gasteiger partial charge in [-0.15, -0.1) is 0 Å². The molecule has 0 aliphatic heterocycles. The van der Waals surface area contributed by atoms with E-state index in [1.807, 2.05) is 38.1 Å². The van der Waals surface area contributed by atoms with Crippen LogP contribution in [0.25, 0.3) is 21.5 Å². The Balaban J connectivity index is 2.62. The molecule has 0 saturated carbocycles. The van der Waals surface area contributed by atoms with E-state index in [1.54, 1.807) is 19.1 Å². The Morgan fingerprint density at radius 3 is 1.68 bits per heavy atom. The first kappa shape index (κ1) is 14.3. The van der Waals surface area contributed by atoms with Crippen molar-refractivity contribution in [1.29, 1.82) is 0 Å². The van der Waals surface area contributed by atoms with Crippen LogP contribution < -0.4 is 0 Å². The Hall–Kier alpha value is -2.68. The molecule has 1 N–H and O–H groups in total. The highest BCUT2D eigenvalue weighted by atomic mass is 16.4. The van der Waals surface area contributed by atoms with Crippen LogP contribution in [0.3, 0.4) is 0 Å². The Bertz CT molecular complexity index is 873. The standard InChI is InChI=1S/C19H16O3/c1-10-4-6-13(12(3)20)14-8-9-15-16(19(21)22)7-5-11(2)18(15)17(10)14/h4-9H,1-3H3,(H,21,22). The average Bonchev–Trinajstić information content (AvgIpc) is 2.46. The zero-order valence-electron chi connectivity index (χ0n) is 12.7. The van der Waals surface area contributed by atoms with Crippen molar-refractivity contribution >= 4 is 33.3 Å². The number of hydrogen-bond acceptors (Lipinski definition) is 2. The summed E-state index contributed by atoms with van der Waals surface area (Å²) in [5.41, 5.74) is 3.00. The molecule has 3 aromatic carbocycles. The second kappa shape index (κ2) is 4.95. The molecule has 0 atom stereocenters. The van der Waals surface area contributed by atoms with E-state index in [2.05, 4.69) is 0 Å². The van der Waals surface area contributed by atoms with Gasteiger partial charge in [-0.3, -0.25) is 4.79 Å². The summed E-state index contributed by atoms with van der Waals surface area (Å²) in [5.74, 6) is -0.930. The first-order chi connectivity index (χ1) is 10.4. The molecule has 0 radical (unpaired) electrons. The van der Waals surface area contributed by atoms with Crippen LogP contribution in [0, 0.1) is 13.8 Å². The second-order valence-corrected chi connectivity index (χ2v) is 5.63. The second-order valence-electron chi connectivity index (χ2n) is 5.63. The van der Waals surface area contributed by atoms with E-state index in [4.69, 9.17) is 0 Å². The zero-order chi connectivity index (χ0) is 16.0. The van der Waals surface area contributed by atoms with E-state index >= 15 is 0 Å². The summed E-state index contributed by atoms with van der Waals surface area (Å²) >= 11 is 0. The van der Waals surface area contributed by atoms with E-state index in [0.29, 0.717) is 10.9 Å². The van der Waals surface area contributed by atoms with E-state index in [1.165, 1.54) is 0 Å². The van der Waals surface area contributed by atoms with Gasteiger partial charge in [0.25, 0.3) is 0 Å². The van der Waals surface area contributed by atoms with Gasteiger partial charge in [-0.25, -0.2) is 4.79 Å². The van der Waals surface area contributed by atoms with Gasteiger partial charge in [-0.1, -0.05) is 30.3 Å². The summed E-state index contributed by atoms with van der Waals surface area (Å²) in [6.07, 6.45) is 0. The third-order valence-electron chi connectivity index (χ3n) is 4.18. The fraction of sp³-hybridized carbons (Fsp3) is 0.158. The number of ketones is 1. The number of carboxylic acid groups (broad SMARTS) is 1. The quantitative estimate of drug-likeness (QED) is 0.558. The summed E-state index contributed by atoms with van der Waals surface area (Å²) < 4.78 is 0. The molecule has 0 aliphatic carbocycles. The number of aryl methyl sites for hydroxylation is 2. The maximum atomic E-state index is 11.9. The van der Waals surface area contributed by atoms with Crippen LogP contribution in [0.2, 0.25) is 0 Å². The van der Waals surface area contributed by atoms with Crippen LogP contribution in [-0.2, 0) is 0 Å². The first-order valence-corrected chi connectivity index (χ1v) is 7.11. The van der Waals surface area contributed by atoms with Crippen LogP contribution in [0.5, 0.6) is 0 Å². The summed E-state index contributed by atoms with van der Waals surface area (Å²) in [4.78, 5) is 23.3. The number of Topliss-reactive ketones (excluding diaryl/α,β-unsaturated/α-hetero) is 1. The van der Waals surface area contributed by atoms with Crippen LogP contribution in [0.15, 0.2) is 36.4 Å². The topological polar surface area (TPSA) is 54.4 Å². The number of fused-ring (bicyclic) bond motifs is 3. The van der Waals surface area contributed by atoms with Gasteiger partial charge < -0.3 is 5.11 Å². The molecular formula is C19H16O3. The molecule has 3 heteroatoms. The molecule has 3 aromatic rings. The Kier molecular flexibility index (Phi) is 3.21. The number of benzene rings is 3. The fourth-order valence-corrected chi connectivity index (χ4v) is 3.13. The average molecular weight is 292 g/mol. The van der Waals surface area contributed by atoms with Crippen LogP contribution in [-0.4, -0.2) is 16.9 Å². The van der Waals surface area contributed by atoms with Gasteiger partial charge in [0.1, 0.15) is 0 Å². The van der Waals surface area contributed by atoms with Crippen molar-refractivity contribution in [2.45, 2.75) is 20.8 Å². The van der Waals surface area contributed by atoms with E-state index in [9.17, 15) is 14.7 Å². The maximum Gasteiger partial charge on any atom is 0.336 e. The van der Waals surface area contributed by atoms with Gasteiger partial charge in [-0.05, 0) is 59.5 Å². The lowest BCUT2D eigenvalue weighted by atomic mass is 9.90. The molecule has 22 heavy (non-hydrogen) atoms. The maximum absolute atomic E-state index is 11.9. The van der Waals surface area contributed by atoms with Gasteiger partial charge in [0.15, 0.2) is 5.78 Å². The highest BCUT2D eigenvalue weighted by Gasteiger charge is 2.15. The summed E-state index contributed by atoms with van der Waals surface area (Å²) in [6.45, 7) is 5.50. The van der Waals surface area contributed by atoms with Crippen molar-refractivity contribution in [3.63, 3.8) is 0 Å². The lowest BCUT2D eigenvalue weighted by Gasteiger charge is -2.13. The number of rotatable bonds is 2. The highest BCUT2D eigenvalue weighted by molar-refractivity contribution is 6.20. The smallest absolute Gasteiger partial charge is 0.336 e. The van der Waals surface area contributed by atoms with Gasteiger partial charge >= 0.3 is 5.97 Å². The van der Waals surface area contributed by atoms with Crippen molar-refractivity contribution in [2.24, 2.45) is 0 Å². The molecule has 3 nitrogen and oxygen atoms in total. The lowest BCUT2D eigenvalue weighted by molar-refractivity contribution is 0.0699. The molecule has 0 fully saturated rings. The predicted molar refractivity (Wildman–Crippen MR) is 87.9 cm³/mol. The normalized spacial score (nSPS) is 11.0. The molecule has 0 amide bonds. The number of carbonyl (C=O) groups is 2. The SMILES string of the molecule is CC(=O)c1ccc(C)c2c1ccc1c(C(=O)O)ccc(C)c12. The number of aromatic carboxylic acids is 1. The molecule has 0 unspecified atom stereocenters. The molecule has 0 saturated heterocycles. The Morgan fingerprint density at radius 2 is 1.23 bits per heavy atom. The van der Waals surface area contributed by atoms with Crippen LogP contribution >= 0.6 is 0 Å². The van der Waals surface area contributed by atoms with Crippen molar-refractivity contribution in [1.82, 2.24) is 0 Å². The molecular weight excluding hydrogens is 276 g/mol. The summed E-state index contributed by atoms with van der Waals surface area (Å²) in [6, 6.07) is 10.9. The van der Waals surface area contributed by atoms with Crippen molar-refractivity contribution < 1.29 is 14.7 Å². The fourth-order valence-electron chi connectivity index (χ4n) is 3.13. The third-order valence-corrected chi connectivity index (χ3v) is 4.18. The Morgan fingerprint density at radius 1 is 0.773 bits per heavy atom. The number of carbonyl (C=O) groups excluding carboxylic acids is 1. The van der Waals surface area contributed by atoms with Crippen LogP contribution in [0.4, 0.5) is 0 Å². The van der Waals surface area contributed by atoms with Crippen molar-refractivity contribution in [2.75, 3.05) is 0 Å². The molecule has 3 rings (SSSR count). The highest BCUT2D eigenvalue weighted by Crippen LogP contribution is 2.34. The first-order valence-electron chi connectivity index (χ1n) is 7.11. The Labute approximate surface area is 128 Å². The molecule has 0 heterocycles. The minimum absolute atomic E-state index is 0.0105. The van der Waals surface area contributed by atoms with Crippen molar-refractivity contribution in [3.05, 3.63) is 58.7 Å². The van der Waals surface area contributed by atoms with E-state index in [-0.39, 0.29) is 11.3 Å². The van der Waals surface area contributed by atoms with Gasteiger partial charge in [0.05, 0.1) is 5.56 Å². The van der Waals surface area contributed by atoms with Gasteiger partial charge in [-0.2, -0.15) is 0 Å².